The zero-order valence-electron chi connectivity index (χ0n) is 58.0. The van der Waals surface area contributed by atoms with Crippen molar-refractivity contribution in [2.75, 3.05) is 76.6 Å². The van der Waals surface area contributed by atoms with Crippen molar-refractivity contribution >= 4 is 122 Å². The van der Waals surface area contributed by atoms with Crippen molar-refractivity contribution in [2.45, 2.75) is 40.0 Å². The molecule has 1 aliphatic carbocycles. The first-order chi connectivity index (χ1) is 52.0. The molecule has 34 nitrogen and oxygen atoms in total. The molecule has 0 unspecified atom stereocenters. The van der Waals surface area contributed by atoms with E-state index in [-0.39, 0.29) is 29.5 Å². The number of halogens is 1. The Bertz CT molecular complexity index is 5510. The molecule has 15 N–H and O–H groups in total. The van der Waals surface area contributed by atoms with E-state index in [2.05, 4.69) is 120 Å². The maximum absolute atomic E-state index is 13.6. The number of nitriles is 1. The maximum atomic E-state index is 13.6. The molecule has 0 amide bonds. The number of nitrogen functional groups attached to an aromatic ring is 5. The highest BCUT2D eigenvalue weighted by Gasteiger charge is 2.20. The smallest absolute Gasteiger partial charge is 0.249 e. The number of nitrogens with zero attached hydrogens (tertiary/aromatic N) is 21. The Morgan fingerprint density at radius 2 is 0.907 bits per heavy atom. The van der Waals surface area contributed by atoms with E-state index in [0.717, 1.165) is 61.7 Å². The number of methoxy groups -OCH3 is 3. The summed E-state index contributed by atoms with van der Waals surface area (Å²) in [4.78, 5) is 45.2. The van der Waals surface area contributed by atoms with Gasteiger partial charge in [-0.25, -0.2) is 29.3 Å². The lowest BCUT2D eigenvalue weighted by atomic mass is 10.1. The second-order valence-corrected chi connectivity index (χ2v) is 26.2. The highest BCUT2D eigenvalue weighted by Crippen LogP contribution is 2.32. The van der Waals surface area contributed by atoms with E-state index in [1.165, 1.54) is 87.2 Å². The van der Waals surface area contributed by atoms with Crippen LogP contribution in [0.3, 0.4) is 0 Å². The lowest BCUT2D eigenvalue weighted by molar-refractivity contribution is 0.415. The Morgan fingerprint density at radius 3 is 1.41 bits per heavy atom. The molecule has 10 heterocycles. The minimum atomic E-state index is -0.422. The Morgan fingerprint density at radius 1 is 0.430 bits per heavy atom. The van der Waals surface area contributed by atoms with E-state index in [1.807, 2.05) is 118 Å². The molecule has 0 saturated heterocycles. The van der Waals surface area contributed by atoms with Gasteiger partial charge in [0.05, 0.1) is 38.3 Å². The molecular weight excluding hydrogens is 1430 g/mol. The number of rotatable bonds is 18. The molecule has 0 spiro atoms. The Hall–Kier alpha value is -14.2. The molecule has 0 aliphatic heterocycles. The molecule has 107 heavy (non-hydrogen) atoms. The molecule has 10 aromatic heterocycles. The number of ether oxygens (including phenoxy) is 3. The van der Waals surface area contributed by atoms with E-state index in [9.17, 15) is 4.39 Å². The molecule has 0 saturated carbocycles. The predicted molar refractivity (Wildman–Crippen MR) is 411 cm³/mol. The lowest BCUT2D eigenvalue weighted by Gasteiger charge is -2.08. The Labute approximate surface area is 621 Å². The third-order valence-corrected chi connectivity index (χ3v) is 17.7. The minimum Gasteiger partial charge on any atom is -0.497 e. The number of fused-ring (bicyclic) bond motifs is 1. The Balaban J connectivity index is 0.000000125. The van der Waals surface area contributed by atoms with Crippen molar-refractivity contribution in [3.63, 3.8) is 0 Å². The van der Waals surface area contributed by atoms with E-state index >= 15 is 0 Å². The number of para-hydroxylation sites is 3. The summed E-state index contributed by atoms with van der Waals surface area (Å²) < 4.78 is 36.5. The molecule has 1 aliphatic rings. The summed E-state index contributed by atoms with van der Waals surface area (Å²) >= 11 is 4.51. The molecule has 16 rings (SSSR count). The van der Waals surface area contributed by atoms with E-state index < -0.39 is 5.82 Å². The SMILES string of the molecule is COc1ccc(Nc2nc(N)n(-c3ncc(C)s3)n2)cc1.COc1cccc(Nc2nc(N)n(-c3ncc(C)s3)n2)c1.COc1ccccc1Nc1nc(N)n(-c2ncc(C)s2)n1.N#Cc1ccc(-n2nc(Nc3ccccc3F)nc2N)nc1.Nc1nc(Nc2cccc3c2CCC3)nn1-c1ccccn1. The van der Waals surface area contributed by atoms with Crippen LogP contribution in [-0.2, 0) is 12.8 Å². The van der Waals surface area contributed by atoms with E-state index in [0.29, 0.717) is 74.0 Å². The number of aryl methyl sites for hydroxylation is 4. The van der Waals surface area contributed by atoms with Crippen LogP contribution in [0, 0.1) is 37.9 Å². The van der Waals surface area contributed by atoms with Gasteiger partial charge in [0.15, 0.2) is 11.6 Å². The quantitative estimate of drug-likeness (QED) is 0.0381. The van der Waals surface area contributed by atoms with Crippen LogP contribution in [0.5, 0.6) is 17.2 Å². The third kappa shape index (κ3) is 18.4. The molecule has 0 bridgehead atoms. The predicted octanol–water partition coefficient (Wildman–Crippen LogP) is 11.6. The van der Waals surface area contributed by atoms with Crippen molar-refractivity contribution < 1.29 is 18.6 Å². The fourth-order valence-electron chi connectivity index (χ4n) is 10.1. The van der Waals surface area contributed by atoms with Crippen LogP contribution in [0.15, 0.2) is 177 Å². The summed E-state index contributed by atoms with van der Waals surface area (Å²) in [6, 6.07) is 45.7. The molecule has 0 atom stereocenters. The van der Waals surface area contributed by atoms with Gasteiger partial charge in [-0.2, -0.15) is 53.6 Å². The highest BCUT2D eigenvalue weighted by atomic mass is 32.1. The number of anilines is 15. The number of thiazole rings is 3. The zero-order chi connectivity index (χ0) is 74.9. The summed E-state index contributed by atoms with van der Waals surface area (Å²) in [6.45, 7) is 5.93. The molecule has 542 valence electrons. The standard InChI is InChI=1S/C16H16N6.C14H10FN7.3C13H14N6OS/c17-15-20-16(21-22(15)14-9-1-2-10-18-14)19-13-8-4-6-11-5-3-7-12(11)13;15-10-3-1-2-4-11(10)19-14-20-13(17)22(21-14)12-6-5-9(7-16)8-18-12;1-8-7-15-13(21-8)19-11(14)17-12(18-19)16-9-3-5-10(20-2)6-4-9;1-8-7-15-13(21-8)19-11(14)17-12(18-19)16-9-4-3-5-10(6-9)20-2;1-8-7-15-13(21-8)19-11(14)17-12(18-19)16-9-5-3-4-6-10(9)20-2/h1-2,4,6,8-10H,3,5,7H2,(H3,17,19,20,21);1-6,8H,(H3,17,19,20,21);3*3-7H,1-2H3,(H3,14,16,17,18). The topological polar surface area (TPSA) is 460 Å². The highest BCUT2D eigenvalue weighted by molar-refractivity contribution is 7.14. The molecule has 0 radical (unpaired) electrons. The fraction of sp³-hybridized carbons (Fsp3) is 0.130. The van der Waals surface area contributed by atoms with Gasteiger partial charge in [-0.05, 0) is 142 Å². The first kappa shape index (κ1) is 72.6. The van der Waals surface area contributed by atoms with Crippen LogP contribution >= 0.6 is 34.0 Å². The second kappa shape index (κ2) is 33.7. The third-order valence-electron chi connectivity index (χ3n) is 15.0. The van der Waals surface area contributed by atoms with Crippen LogP contribution in [0.25, 0.3) is 27.0 Å². The van der Waals surface area contributed by atoms with Gasteiger partial charge in [0, 0.05) is 68.7 Å². The van der Waals surface area contributed by atoms with Crippen LogP contribution in [0.1, 0.15) is 37.7 Å². The van der Waals surface area contributed by atoms with Crippen LogP contribution < -0.4 is 69.5 Å². The van der Waals surface area contributed by atoms with Gasteiger partial charge < -0.3 is 69.5 Å². The van der Waals surface area contributed by atoms with Gasteiger partial charge >= 0.3 is 0 Å². The first-order valence-corrected chi connectivity index (χ1v) is 34.7. The van der Waals surface area contributed by atoms with Gasteiger partial charge in [0.25, 0.3) is 0 Å². The van der Waals surface area contributed by atoms with Crippen molar-refractivity contribution in [2.24, 2.45) is 0 Å². The maximum Gasteiger partial charge on any atom is 0.249 e. The number of hydrogen-bond acceptors (Lipinski definition) is 32. The largest absolute Gasteiger partial charge is 0.497 e. The minimum absolute atomic E-state index is 0.0936. The monoisotopic (exact) mass is 1490 g/mol. The molecule has 15 aromatic rings. The van der Waals surface area contributed by atoms with E-state index in [4.69, 9.17) is 48.1 Å². The summed E-state index contributed by atoms with van der Waals surface area (Å²) in [5.41, 5.74) is 36.3. The van der Waals surface area contributed by atoms with E-state index in [1.54, 1.807) is 76.4 Å². The number of nitrogens with two attached hydrogens (primary N) is 5. The number of benzene rings is 5. The van der Waals surface area contributed by atoms with Gasteiger partial charge in [-0.1, -0.05) is 48.5 Å². The van der Waals surface area contributed by atoms with Crippen LogP contribution in [0.4, 0.5) is 92.3 Å². The van der Waals surface area contributed by atoms with Crippen LogP contribution in [0.2, 0.25) is 0 Å². The lowest BCUT2D eigenvalue weighted by Crippen LogP contribution is -2.04. The zero-order valence-corrected chi connectivity index (χ0v) is 60.4. The van der Waals surface area contributed by atoms with Gasteiger partial charge in [0.1, 0.15) is 29.1 Å². The van der Waals surface area contributed by atoms with Gasteiger partial charge in [0.2, 0.25) is 74.9 Å². The van der Waals surface area contributed by atoms with Crippen molar-refractivity contribution in [1.29, 1.82) is 5.26 Å². The average molecular weight is 1490 g/mol. The first-order valence-electron chi connectivity index (χ1n) is 32.3. The number of hydrogen-bond donors (Lipinski definition) is 10. The molecule has 5 aromatic carbocycles. The summed E-state index contributed by atoms with van der Waals surface area (Å²) in [5, 5.41) is 47.6. The molecular formula is C69H68FN31O3S3. The fourth-order valence-corrected chi connectivity index (χ4v) is 12.2. The summed E-state index contributed by atoms with van der Waals surface area (Å²) in [6.07, 6.45) is 11.9. The average Bonchev–Trinajstić information content (AvgIpc) is 1.68. The van der Waals surface area contributed by atoms with Crippen LogP contribution in [-0.4, -0.2) is 120 Å². The Kier molecular flexibility index (Phi) is 22.9. The summed E-state index contributed by atoms with van der Waals surface area (Å²) in [5.74, 6) is 6.01. The van der Waals surface area contributed by atoms with Gasteiger partial charge in [-0.3, -0.25) is 0 Å². The number of pyridine rings is 2. The van der Waals surface area contributed by atoms with Gasteiger partial charge in [-0.15, -0.1) is 59.5 Å². The van der Waals surface area contributed by atoms with Crippen molar-refractivity contribution in [3.8, 4) is 50.3 Å². The normalized spacial score (nSPS) is 11.0. The number of nitrogens with one attached hydrogen (secondary N) is 5. The van der Waals surface area contributed by atoms with Crippen molar-refractivity contribution in [1.82, 2.24) is 98.7 Å². The molecule has 38 heteroatoms. The summed E-state index contributed by atoms with van der Waals surface area (Å²) in [7, 11) is 4.86. The van der Waals surface area contributed by atoms with Crippen molar-refractivity contribution in [3.05, 3.63) is 214 Å². The number of aromatic nitrogens is 20. The second-order valence-electron chi connectivity index (χ2n) is 22.6. The molecule has 0 fully saturated rings.